The third-order valence-corrected chi connectivity index (χ3v) is 6.61. The van der Waals surface area contributed by atoms with E-state index in [1.807, 2.05) is 64.9 Å². The third kappa shape index (κ3) is 5.42. The molecule has 0 saturated carbocycles. The molecule has 4 rings (SSSR count). The number of nitrogens with zero attached hydrogens (tertiary/aromatic N) is 3. The summed E-state index contributed by atoms with van der Waals surface area (Å²) < 4.78 is 7.51. The van der Waals surface area contributed by atoms with E-state index < -0.39 is 0 Å². The highest BCUT2D eigenvalue weighted by atomic mass is 35.5. The first-order valence-electron chi connectivity index (χ1n) is 12.0. The van der Waals surface area contributed by atoms with E-state index in [2.05, 4.69) is 32.0 Å². The summed E-state index contributed by atoms with van der Waals surface area (Å²) >= 11 is 6.08. The van der Waals surface area contributed by atoms with Gasteiger partial charge in [-0.3, -0.25) is 4.79 Å². The fraction of sp³-hybridized carbons (Fsp3) is 0.310. The number of aryl methyl sites for hydroxylation is 2. The number of rotatable bonds is 9. The molecule has 35 heavy (non-hydrogen) atoms. The number of amides is 1. The first kappa shape index (κ1) is 25.0. The first-order chi connectivity index (χ1) is 16.9. The lowest BCUT2D eigenvalue weighted by molar-refractivity contribution is -0.119. The standard InChI is InChI=1S/C29H32ClN3O2/c1-5-23-10-8-9-20(2)29(23)33(21(3)19-35-4)28(34)18-32-26-12-7-6-11-25(26)31-27(32)17-22-13-15-24(30)16-14-22/h6-16,21H,5,17-19H2,1-4H3. The molecular weight excluding hydrogens is 458 g/mol. The van der Waals surface area contributed by atoms with Crippen LogP contribution in [0.25, 0.3) is 11.0 Å². The van der Waals surface area contributed by atoms with Crippen molar-refractivity contribution in [2.75, 3.05) is 18.6 Å². The fourth-order valence-electron chi connectivity index (χ4n) is 4.69. The normalized spacial score (nSPS) is 12.1. The number of halogens is 1. The van der Waals surface area contributed by atoms with Gasteiger partial charge in [0.15, 0.2) is 0 Å². The van der Waals surface area contributed by atoms with E-state index in [1.54, 1.807) is 7.11 Å². The average Bonchev–Trinajstić information content (AvgIpc) is 3.18. The van der Waals surface area contributed by atoms with Crippen molar-refractivity contribution in [1.29, 1.82) is 0 Å². The van der Waals surface area contributed by atoms with Crippen molar-refractivity contribution in [2.24, 2.45) is 0 Å². The highest BCUT2D eigenvalue weighted by Gasteiger charge is 2.27. The monoisotopic (exact) mass is 489 g/mol. The van der Waals surface area contributed by atoms with Crippen molar-refractivity contribution in [3.8, 4) is 0 Å². The molecule has 1 heterocycles. The van der Waals surface area contributed by atoms with Crippen LogP contribution in [0, 0.1) is 6.92 Å². The zero-order valence-corrected chi connectivity index (χ0v) is 21.5. The van der Waals surface area contributed by atoms with Gasteiger partial charge in [0.2, 0.25) is 5.91 Å². The molecule has 1 aromatic heterocycles. The minimum Gasteiger partial charge on any atom is -0.383 e. The maximum atomic E-state index is 14.0. The molecule has 1 amide bonds. The maximum Gasteiger partial charge on any atom is 0.247 e. The van der Waals surface area contributed by atoms with Crippen LogP contribution in [0.15, 0.2) is 66.7 Å². The Hall–Kier alpha value is -3.15. The fourth-order valence-corrected chi connectivity index (χ4v) is 4.82. The largest absolute Gasteiger partial charge is 0.383 e. The van der Waals surface area contributed by atoms with Gasteiger partial charge in [-0.1, -0.05) is 61.0 Å². The molecule has 0 N–H and O–H groups in total. The zero-order valence-electron chi connectivity index (χ0n) is 20.8. The summed E-state index contributed by atoms with van der Waals surface area (Å²) in [6.07, 6.45) is 1.45. The molecule has 0 radical (unpaired) electrons. The number of anilines is 1. The highest BCUT2D eigenvalue weighted by Crippen LogP contribution is 2.29. The second kappa shape index (κ2) is 11.1. The van der Waals surface area contributed by atoms with Crippen LogP contribution in [0.2, 0.25) is 5.02 Å². The van der Waals surface area contributed by atoms with Gasteiger partial charge in [-0.05, 0) is 61.2 Å². The molecule has 0 bridgehead atoms. The Balaban J connectivity index is 1.76. The molecule has 3 aromatic carbocycles. The minimum atomic E-state index is -0.117. The van der Waals surface area contributed by atoms with Crippen molar-refractivity contribution in [3.05, 3.63) is 94.3 Å². The Labute approximate surface area is 212 Å². The van der Waals surface area contributed by atoms with Crippen molar-refractivity contribution in [3.63, 3.8) is 0 Å². The molecule has 0 aliphatic carbocycles. The number of fused-ring (bicyclic) bond motifs is 1. The van der Waals surface area contributed by atoms with Crippen LogP contribution < -0.4 is 4.90 Å². The second-order valence-electron chi connectivity index (χ2n) is 8.91. The lowest BCUT2D eigenvalue weighted by Gasteiger charge is -2.32. The summed E-state index contributed by atoms with van der Waals surface area (Å²) in [6.45, 7) is 6.86. The Bertz CT molecular complexity index is 1310. The SMILES string of the molecule is CCc1cccc(C)c1N(C(=O)Cn1c(Cc2ccc(Cl)cc2)nc2ccccc21)C(C)COC. The van der Waals surface area contributed by atoms with E-state index in [0.29, 0.717) is 18.1 Å². The van der Waals surface area contributed by atoms with E-state index in [-0.39, 0.29) is 18.5 Å². The van der Waals surface area contributed by atoms with Gasteiger partial charge in [0.1, 0.15) is 12.4 Å². The number of imidazole rings is 1. The number of carbonyl (C=O) groups excluding carboxylic acids is 1. The number of methoxy groups -OCH3 is 1. The Morgan fingerprint density at radius 3 is 2.54 bits per heavy atom. The van der Waals surface area contributed by atoms with Crippen LogP contribution in [0.3, 0.4) is 0 Å². The number of carbonyl (C=O) groups is 1. The summed E-state index contributed by atoms with van der Waals surface area (Å²) in [5.41, 5.74) is 6.13. The number of ether oxygens (including phenoxy) is 1. The molecule has 0 aliphatic rings. The molecule has 0 aliphatic heterocycles. The van der Waals surface area contributed by atoms with Gasteiger partial charge in [-0.2, -0.15) is 0 Å². The first-order valence-corrected chi connectivity index (χ1v) is 12.4. The molecular formula is C29H32ClN3O2. The summed E-state index contributed by atoms with van der Waals surface area (Å²) in [5, 5.41) is 0.699. The summed E-state index contributed by atoms with van der Waals surface area (Å²) in [5.74, 6) is 0.862. The minimum absolute atomic E-state index is 0.0130. The van der Waals surface area contributed by atoms with Gasteiger partial charge in [0.05, 0.1) is 29.4 Å². The van der Waals surface area contributed by atoms with Crippen LogP contribution in [0.5, 0.6) is 0 Å². The van der Waals surface area contributed by atoms with Crippen molar-refractivity contribution < 1.29 is 9.53 Å². The van der Waals surface area contributed by atoms with Crippen LogP contribution in [-0.4, -0.2) is 35.2 Å². The molecule has 6 heteroatoms. The Morgan fingerprint density at radius 1 is 1.09 bits per heavy atom. The predicted octanol–water partition coefficient (Wildman–Crippen LogP) is 6.22. The van der Waals surface area contributed by atoms with Gasteiger partial charge in [0, 0.05) is 18.6 Å². The molecule has 1 atom stereocenters. The van der Waals surface area contributed by atoms with Crippen LogP contribution in [0.4, 0.5) is 5.69 Å². The number of hydrogen-bond donors (Lipinski definition) is 0. The van der Waals surface area contributed by atoms with E-state index >= 15 is 0 Å². The van der Waals surface area contributed by atoms with Crippen molar-refractivity contribution >= 4 is 34.2 Å². The topological polar surface area (TPSA) is 47.4 Å². The van der Waals surface area contributed by atoms with Crippen LogP contribution >= 0.6 is 11.6 Å². The summed E-state index contributed by atoms with van der Waals surface area (Å²) in [6, 6.07) is 21.8. The molecule has 182 valence electrons. The smallest absolute Gasteiger partial charge is 0.247 e. The van der Waals surface area contributed by atoms with Gasteiger partial charge in [-0.15, -0.1) is 0 Å². The number of para-hydroxylation sites is 3. The zero-order chi connectivity index (χ0) is 24.9. The summed E-state index contributed by atoms with van der Waals surface area (Å²) in [7, 11) is 1.67. The summed E-state index contributed by atoms with van der Waals surface area (Å²) in [4.78, 5) is 20.8. The number of benzene rings is 3. The van der Waals surface area contributed by atoms with Gasteiger partial charge in [0.25, 0.3) is 0 Å². The lowest BCUT2D eigenvalue weighted by atomic mass is 10.0. The molecule has 0 spiro atoms. The molecule has 0 saturated heterocycles. The van der Waals surface area contributed by atoms with Crippen molar-refractivity contribution in [2.45, 2.75) is 46.2 Å². The van der Waals surface area contributed by atoms with Gasteiger partial charge in [-0.25, -0.2) is 4.98 Å². The maximum absolute atomic E-state index is 14.0. The van der Waals surface area contributed by atoms with E-state index in [9.17, 15) is 4.79 Å². The molecule has 0 fully saturated rings. The third-order valence-electron chi connectivity index (χ3n) is 6.36. The van der Waals surface area contributed by atoms with E-state index in [4.69, 9.17) is 21.3 Å². The quantitative estimate of drug-likeness (QED) is 0.280. The predicted molar refractivity (Wildman–Crippen MR) is 143 cm³/mol. The Morgan fingerprint density at radius 2 is 1.83 bits per heavy atom. The van der Waals surface area contributed by atoms with Gasteiger partial charge >= 0.3 is 0 Å². The Kier molecular flexibility index (Phi) is 7.89. The van der Waals surface area contributed by atoms with Crippen LogP contribution in [-0.2, 0) is 28.9 Å². The number of aromatic nitrogens is 2. The number of hydrogen-bond acceptors (Lipinski definition) is 3. The second-order valence-corrected chi connectivity index (χ2v) is 9.35. The van der Waals surface area contributed by atoms with Gasteiger partial charge < -0.3 is 14.2 Å². The lowest BCUT2D eigenvalue weighted by Crippen LogP contribution is -2.44. The average molecular weight is 490 g/mol. The van der Waals surface area contributed by atoms with Crippen molar-refractivity contribution in [1.82, 2.24) is 9.55 Å². The molecule has 5 nitrogen and oxygen atoms in total. The van der Waals surface area contributed by atoms with E-state index in [1.165, 1.54) is 0 Å². The molecule has 4 aromatic rings. The highest BCUT2D eigenvalue weighted by molar-refractivity contribution is 6.30. The molecule has 1 unspecified atom stereocenters. The van der Waals surface area contributed by atoms with E-state index in [0.717, 1.165) is 45.7 Å². The van der Waals surface area contributed by atoms with Crippen LogP contribution in [0.1, 0.15) is 36.4 Å².